The van der Waals surface area contributed by atoms with Crippen LogP contribution < -0.4 is 10.6 Å². The Morgan fingerprint density at radius 2 is 2.07 bits per heavy atom. The zero-order valence-electron chi connectivity index (χ0n) is 17.1. The van der Waals surface area contributed by atoms with Gasteiger partial charge in [0.15, 0.2) is 5.82 Å². The van der Waals surface area contributed by atoms with Gasteiger partial charge < -0.3 is 15.2 Å². The first-order valence-corrected chi connectivity index (χ1v) is 10.0. The topological polar surface area (TPSA) is 105 Å². The fourth-order valence-corrected chi connectivity index (χ4v) is 4.24. The van der Waals surface area contributed by atoms with Crippen molar-refractivity contribution in [2.24, 2.45) is 11.3 Å². The maximum Gasteiger partial charge on any atom is 0.325 e. The third-order valence-corrected chi connectivity index (χ3v) is 6.56. The first-order chi connectivity index (χ1) is 13.2. The summed E-state index contributed by atoms with van der Waals surface area (Å²) in [5.41, 5.74) is -0.554. The number of aromatic nitrogens is 1. The second-order valence-electron chi connectivity index (χ2n) is 8.71. The van der Waals surface area contributed by atoms with Gasteiger partial charge in [-0.3, -0.25) is 14.5 Å². The van der Waals surface area contributed by atoms with E-state index in [0.717, 1.165) is 19.3 Å². The lowest BCUT2D eigenvalue weighted by atomic mass is 9.65. The van der Waals surface area contributed by atoms with Crippen LogP contribution in [0.25, 0.3) is 0 Å². The molecule has 28 heavy (non-hydrogen) atoms. The normalized spacial score (nSPS) is 25.3. The number of hydrogen-bond acceptors (Lipinski definition) is 5. The molecular formula is C20H30N4O4. The van der Waals surface area contributed by atoms with Crippen LogP contribution in [-0.4, -0.2) is 40.0 Å². The number of nitrogens with one attached hydrogen (secondary N) is 2. The highest BCUT2D eigenvalue weighted by Crippen LogP contribution is 2.45. The smallest absolute Gasteiger partial charge is 0.325 e. The van der Waals surface area contributed by atoms with Crippen molar-refractivity contribution in [3.8, 4) is 0 Å². The van der Waals surface area contributed by atoms with E-state index in [1.165, 1.54) is 4.90 Å². The molecule has 1 aromatic heterocycles. The fraction of sp³-hybridized carbons (Fsp3) is 0.700. The minimum atomic E-state index is -0.795. The molecule has 8 nitrogen and oxygen atoms in total. The molecule has 1 spiro atoms. The van der Waals surface area contributed by atoms with Crippen molar-refractivity contribution in [3.63, 3.8) is 0 Å². The molecule has 2 N–H and O–H groups in total. The lowest BCUT2D eigenvalue weighted by molar-refractivity contribution is -0.133. The van der Waals surface area contributed by atoms with Gasteiger partial charge in [-0.1, -0.05) is 32.3 Å². The van der Waals surface area contributed by atoms with Crippen molar-refractivity contribution in [3.05, 3.63) is 11.8 Å². The molecule has 2 heterocycles. The standard InChI is InChI=1S/C20H30N4O4/c1-5-19(3,4)14-6-9-20(10-7-14)17(26)24(18(27)22-20)11-8-16(25)21-15-12-13(2)28-23-15/h12,14H,5-11H2,1-4H3,(H,22,27)(H,21,23,25). The van der Waals surface area contributed by atoms with Gasteiger partial charge in [-0.15, -0.1) is 0 Å². The molecule has 1 aromatic rings. The van der Waals surface area contributed by atoms with Gasteiger partial charge in [0.1, 0.15) is 11.3 Å². The summed E-state index contributed by atoms with van der Waals surface area (Å²) >= 11 is 0. The van der Waals surface area contributed by atoms with Gasteiger partial charge in [-0.2, -0.15) is 0 Å². The number of nitrogens with zero attached hydrogens (tertiary/aromatic N) is 2. The Morgan fingerprint density at radius 3 is 2.64 bits per heavy atom. The molecule has 1 saturated heterocycles. The van der Waals surface area contributed by atoms with Crippen LogP contribution in [0.4, 0.5) is 10.6 Å². The van der Waals surface area contributed by atoms with Crippen molar-refractivity contribution in [1.82, 2.24) is 15.4 Å². The predicted molar refractivity (Wildman–Crippen MR) is 103 cm³/mol. The summed E-state index contributed by atoms with van der Waals surface area (Å²) in [7, 11) is 0. The second kappa shape index (κ2) is 7.56. The molecule has 1 aliphatic carbocycles. The lowest BCUT2D eigenvalue weighted by Crippen LogP contribution is -2.50. The van der Waals surface area contributed by atoms with Crippen LogP contribution in [0.2, 0.25) is 0 Å². The highest BCUT2D eigenvalue weighted by molar-refractivity contribution is 6.07. The molecule has 0 bridgehead atoms. The van der Waals surface area contributed by atoms with Gasteiger partial charge in [0.05, 0.1) is 0 Å². The average molecular weight is 390 g/mol. The Morgan fingerprint density at radius 1 is 1.39 bits per heavy atom. The number of rotatable bonds is 6. The summed E-state index contributed by atoms with van der Waals surface area (Å²) in [6.07, 6.45) is 4.28. The first-order valence-electron chi connectivity index (χ1n) is 10.0. The van der Waals surface area contributed by atoms with Crippen LogP contribution in [0.5, 0.6) is 0 Å². The highest BCUT2D eigenvalue weighted by atomic mass is 16.5. The zero-order valence-corrected chi connectivity index (χ0v) is 17.1. The lowest BCUT2D eigenvalue weighted by Gasteiger charge is -2.42. The summed E-state index contributed by atoms with van der Waals surface area (Å²) < 4.78 is 4.90. The van der Waals surface area contributed by atoms with Crippen molar-refractivity contribution in [2.75, 3.05) is 11.9 Å². The number of anilines is 1. The third-order valence-electron chi connectivity index (χ3n) is 6.56. The van der Waals surface area contributed by atoms with E-state index in [1.807, 2.05) is 0 Å². The van der Waals surface area contributed by atoms with E-state index in [4.69, 9.17) is 4.52 Å². The fourth-order valence-electron chi connectivity index (χ4n) is 4.24. The predicted octanol–water partition coefficient (Wildman–Crippen LogP) is 3.23. The minimum absolute atomic E-state index is 0.0205. The van der Waals surface area contributed by atoms with Crippen LogP contribution >= 0.6 is 0 Å². The number of aryl methyl sites for hydroxylation is 1. The Bertz CT molecular complexity index is 762. The van der Waals surface area contributed by atoms with Crippen LogP contribution in [0.1, 0.15) is 65.1 Å². The van der Waals surface area contributed by atoms with Gasteiger partial charge in [0, 0.05) is 19.0 Å². The average Bonchev–Trinajstić information content (AvgIpc) is 3.15. The molecule has 0 atom stereocenters. The highest BCUT2D eigenvalue weighted by Gasteiger charge is 2.53. The minimum Gasteiger partial charge on any atom is -0.360 e. The largest absolute Gasteiger partial charge is 0.360 e. The van der Waals surface area contributed by atoms with Crippen molar-refractivity contribution in [2.45, 2.75) is 71.8 Å². The van der Waals surface area contributed by atoms with Crippen LogP contribution in [0.15, 0.2) is 10.6 Å². The summed E-state index contributed by atoms with van der Waals surface area (Å²) in [6, 6.07) is 1.21. The van der Waals surface area contributed by atoms with E-state index in [0.29, 0.717) is 30.3 Å². The Hall–Kier alpha value is -2.38. The number of imide groups is 1. The number of carbonyl (C=O) groups is 3. The maximum atomic E-state index is 13.0. The molecule has 4 amide bonds. The van der Waals surface area contributed by atoms with Crippen LogP contribution in [-0.2, 0) is 9.59 Å². The zero-order chi connectivity index (χ0) is 20.5. The van der Waals surface area contributed by atoms with Gasteiger partial charge in [-0.05, 0) is 43.9 Å². The van der Waals surface area contributed by atoms with Crippen LogP contribution in [0.3, 0.4) is 0 Å². The van der Waals surface area contributed by atoms with Gasteiger partial charge in [-0.25, -0.2) is 4.79 Å². The maximum absolute atomic E-state index is 13.0. The summed E-state index contributed by atoms with van der Waals surface area (Å²) in [5.74, 6) is 0.957. The van der Waals surface area contributed by atoms with E-state index in [1.54, 1.807) is 13.0 Å². The van der Waals surface area contributed by atoms with E-state index in [2.05, 4.69) is 36.6 Å². The van der Waals surface area contributed by atoms with E-state index in [-0.39, 0.29) is 30.2 Å². The molecule has 0 aromatic carbocycles. The monoisotopic (exact) mass is 390 g/mol. The molecule has 2 aliphatic rings. The van der Waals surface area contributed by atoms with Crippen molar-refractivity contribution < 1.29 is 18.9 Å². The van der Waals surface area contributed by atoms with Crippen molar-refractivity contribution in [1.29, 1.82) is 0 Å². The molecule has 3 rings (SSSR count). The number of carbonyl (C=O) groups excluding carboxylic acids is 3. The summed E-state index contributed by atoms with van der Waals surface area (Å²) in [6.45, 7) is 8.52. The second-order valence-corrected chi connectivity index (χ2v) is 8.71. The molecule has 8 heteroatoms. The third kappa shape index (κ3) is 3.91. The molecule has 1 saturated carbocycles. The SMILES string of the molecule is CCC(C)(C)C1CCC2(CC1)NC(=O)N(CCC(=O)Nc1cc(C)on1)C2=O. The molecule has 2 fully saturated rings. The Labute approximate surface area is 165 Å². The van der Waals surface area contributed by atoms with E-state index >= 15 is 0 Å². The molecule has 0 unspecified atom stereocenters. The first kappa shape index (κ1) is 20.4. The molecule has 0 radical (unpaired) electrons. The number of hydrogen-bond donors (Lipinski definition) is 2. The molecular weight excluding hydrogens is 360 g/mol. The Balaban J connectivity index is 1.56. The van der Waals surface area contributed by atoms with Crippen LogP contribution in [0, 0.1) is 18.3 Å². The van der Waals surface area contributed by atoms with Gasteiger partial charge in [0.2, 0.25) is 5.91 Å². The Kier molecular flexibility index (Phi) is 5.50. The molecule has 154 valence electrons. The van der Waals surface area contributed by atoms with E-state index < -0.39 is 11.6 Å². The van der Waals surface area contributed by atoms with Crippen molar-refractivity contribution >= 4 is 23.7 Å². The van der Waals surface area contributed by atoms with Gasteiger partial charge >= 0.3 is 6.03 Å². The molecule has 1 aliphatic heterocycles. The quantitative estimate of drug-likeness (QED) is 0.726. The summed E-state index contributed by atoms with van der Waals surface area (Å²) in [5, 5.41) is 9.22. The number of urea groups is 1. The van der Waals surface area contributed by atoms with Gasteiger partial charge in [0.25, 0.3) is 5.91 Å². The van der Waals surface area contributed by atoms with E-state index in [9.17, 15) is 14.4 Å². The summed E-state index contributed by atoms with van der Waals surface area (Å²) in [4.78, 5) is 38.6. The number of amides is 4.